The molecule has 0 aromatic heterocycles. The molecule has 0 bridgehead atoms. The van der Waals surface area contributed by atoms with E-state index in [0.717, 1.165) is 29.8 Å². The first-order valence-electron chi connectivity index (χ1n) is 9.33. The van der Waals surface area contributed by atoms with Crippen molar-refractivity contribution in [2.45, 2.75) is 26.8 Å². The highest BCUT2D eigenvalue weighted by Crippen LogP contribution is 2.20. The lowest BCUT2D eigenvalue weighted by atomic mass is 10.00. The van der Waals surface area contributed by atoms with Crippen molar-refractivity contribution in [3.05, 3.63) is 64.7 Å². The quantitative estimate of drug-likeness (QED) is 0.886. The summed E-state index contributed by atoms with van der Waals surface area (Å²) in [4.78, 5) is 28.6. The Morgan fingerprint density at radius 1 is 1.00 bits per heavy atom. The number of nitrogens with zero attached hydrogens (tertiary/aromatic N) is 2. The van der Waals surface area contributed by atoms with Gasteiger partial charge < -0.3 is 10.2 Å². The van der Waals surface area contributed by atoms with Crippen LogP contribution in [-0.2, 0) is 22.6 Å². The minimum absolute atomic E-state index is 0.0619. The van der Waals surface area contributed by atoms with E-state index in [1.807, 2.05) is 49.1 Å². The lowest BCUT2D eigenvalue weighted by molar-refractivity contribution is -0.133. The van der Waals surface area contributed by atoms with Gasteiger partial charge in [-0.15, -0.1) is 0 Å². The molecule has 2 amide bonds. The molecule has 3 rings (SSSR count). The summed E-state index contributed by atoms with van der Waals surface area (Å²) in [6.07, 6.45) is 0.888. The molecule has 0 saturated heterocycles. The molecule has 0 radical (unpaired) electrons. The van der Waals surface area contributed by atoms with Gasteiger partial charge in [-0.1, -0.05) is 42.5 Å². The smallest absolute Gasteiger partial charge is 0.238 e. The number of fused-ring (bicyclic) bond motifs is 1. The van der Waals surface area contributed by atoms with E-state index in [1.54, 1.807) is 11.9 Å². The van der Waals surface area contributed by atoms with Crippen LogP contribution >= 0.6 is 0 Å². The number of amides is 2. The molecular formula is C22H27N3O2. The molecule has 0 atom stereocenters. The first-order chi connectivity index (χ1) is 12.9. The molecular weight excluding hydrogens is 338 g/mol. The van der Waals surface area contributed by atoms with Crippen LogP contribution in [0.25, 0.3) is 0 Å². The van der Waals surface area contributed by atoms with Crippen molar-refractivity contribution in [2.24, 2.45) is 0 Å². The van der Waals surface area contributed by atoms with E-state index in [-0.39, 0.29) is 24.9 Å². The van der Waals surface area contributed by atoms with Gasteiger partial charge in [-0.05, 0) is 49.6 Å². The normalized spacial score (nSPS) is 13.4. The third-order valence-electron chi connectivity index (χ3n) is 5.05. The Labute approximate surface area is 161 Å². The summed E-state index contributed by atoms with van der Waals surface area (Å²) in [6, 6.07) is 14.2. The number of hydrogen-bond donors (Lipinski definition) is 1. The molecule has 1 aliphatic rings. The van der Waals surface area contributed by atoms with E-state index in [0.29, 0.717) is 6.54 Å². The second kappa shape index (κ2) is 8.35. The Kier molecular flexibility index (Phi) is 5.91. The van der Waals surface area contributed by atoms with E-state index >= 15 is 0 Å². The van der Waals surface area contributed by atoms with Crippen molar-refractivity contribution < 1.29 is 9.59 Å². The number of rotatable bonds is 5. The monoisotopic (exact) mass is 365 g/mol. The number of nitrogens with one attached hydrogen (secondary N) is 1. The fourth-order valence-electron chi connectivity index (χ4n) is 3.53. The summed E-state index contributed by atoms with van der Waals surface area (Å²) in [7, 11) is 1.81. The second-order valence-corrected chi connectivity index (χ2v) is 7.32. The standard InChI is InChI=1S/C22H27N3O2/c1-16-7-6-8-17(2)22(16)23-20(26)14-24(3)15-21(27)25-12-11-18-9-4-5-10-19(18)13-25/h4-10H,11-15H2,1-3H3,(H,23,26). The van der Waals surface area contributed by atoms with Crippen molar-refractivity contribution in [3.8, 4) is 0 Å². The van der Waals surface area contributed by atoms with Gasteiger partial charge in [-0.3, -0.25) is 14.5 Å². The highest BCUT2D eigenvalue weighted by atomic mass is 16.2. The third kappa shape index (κ3) is 4.74. The molecule has 1 heterocycles. The molecule has 2 aromatic rings. The largest absolute Gasteiger partial charge is 0.337 e. The molecule has 0 aliphatic carbocycles. The van der Waals surface area contributed by atoms with Crippen molar-refractivity contribution in [1.29, 1.82) is 0 Å². The Morgan fingerprint density at radius 3 is 2.37 bits per heavy atom. The molecule has 1 aliphatic heterocycles. The maximum absolute atomic E-state index is 12.6. The SMILES string of the molecule is Cc1cccc(C)c1NC(=O)CN(C)CC(=O)N1CCc2ccccc2C1. The maximum Gasteiger partial charge on any atom is 0.238 e. The van der Waals surface area contributed by atoms with Crippen LogP contribution in [0, 0.1) is 13.8 Å². The minimum atomic E-state index is -0.105. The fraction of sp³-hybridized carbons (Fsp3) is 0.364. The van der Waals surface area contributed by atoms with Crippen molar-refractivity contribution >= 4 is 17.5 Å². The van der Waals surface area contributed by atoms with E-state index in [9.17, 15) is 9.59 Å². The Morgan fingerprint density at radius 2 is 1.67 bits per heavy atom. The lowest BCUT2D eigenvalue weighted by Gasteiger charge is -2.30. The molecule has 142 valence electrons. The number of hydrogen-bond acceptors (Lipinski definition) is 3. The van der Waals surface area contributed by atoms with Crippen LogP contribution in [0.5, 0.6) is 0 Å². The molecule has 0 saturated carbocycles. The summed E-state index contributed by atoms with van der Waals surface area (Å²) < 4.78 is 0. The van der Waals surface area contributed by atoms with E-state index in [2.05, 4.69) is 17.4 Å². The highest BCUT2D eigenvalue weighted by molar-refractivity contribution is 5.94. The topological polar surface area (TPSA) is 52.7 Å². The van der Waals surface area contributed by atoms with E-state index in [4.69, 9.17) is 0 Å². The molecule has 0 spiro atoms. The Hall–Kier alpha value is -2.66. The second-order valence-electron chi connectivity index (χ2n) is 7.32. The van der Waals surface area contributed by atoms with Gasteiger partial charge in [0.25, 0.3) is 0 Å². The highest BCUT2D eigenvalue weighted by Gasteiger charge is 2.22. The summed E-state index contributed by atoms with van der Waals surface area (Å²) in [5.74, 6) is -0.0430. The molecule has 5 heteroatoms. The van der Waals surface area contributed by atoms with E-state index in [1.165, 1.54) is 11.1 Å². The first kappa shape index (κ1) is 19.1. The number of benzene rings is 2. The van der Waals surface area contributed by atoms with Gasteiger partial charge in [0.2, 0.25) is 11.8 Å². The number of para-hydroxylation sites is 1. The van der Waals surface area contributed by atoms with Gasteiger partial charge in [0, 0.05) is 18.8 Å². The molecule has 2 aromatic carbocycles. The van der Waals surface area contributed by atoms with Crippen LogP contribution in [-0.4, -0.2) is 48.3 Å². The van der Waals surface area contributed by atoms with Crippen LogP contribution in [0.3, 0.4) is 0 Å². The van der Waals surface area contributed by atoms with Gasteiger partial charge in [0.1, 0.15) is 0 Å². The zero-order valence-electron chi connectivity index (χ0n) is 16.3. The molecule has 5 nitrogen and oxygen atoms in total. The van der Waals surface area contributed by atoms with Crippen molar-refractivity contribution in [1.82, 2.24) is 9.80 Å². The van der Waals surface area contributed by atoms with Gasteiger partial charge in [0.05, 0.1) is 13.1 Å². The number of anilines is 1. The molecule has 27 heavy (non-hydrogen) atoms. The Bertz CT molecular complexity index is 827. The van der Waals surface area contributed by atoms with Crippen LogP contribution in [0.4, 0.5) is 5.69 Å². The summed E-state index contributed by atoms with van der Waals surface area (Å²) in [5.41, 5.74) is 5.47. The number of likely N-dealkylation sites (N-methyl/N-ethyl adjacent to an activating group) is 1. The summed E-state index contributed by atoms with van der Waals surface area (Å²) in [5, 5.41) is 2.97. The van der Waals surface area contributed by atoms with Crippen LogP contribution in [0.15, 0.2) is 42.5 Å². The predicted octanol–water partition coefficient (Wildman–Crippen LogP) is 2.76. The van der Waals surface area contributed by atoms with Crippen molar-refractivity contribution in [3.63, 3.8) is 0 Å². The zero-order valence-corrected chi connectivity index (χ0v) is 16.3. The molecule has 0 unspecified atom stereocenters. The first-order valence-corrected chi connectivity index (χ1v) is 9.33. The van der Waals surface area contributed by atoms with Gasteiger partial charge in [0.15, 0.2) is 0 Å². The zero-order chi connectivity index (χ0) is 19.4. The number of carbonyl (C=O) groups excluding carboxylic acids is 2. The van der Waals surface area contributed by atoms with Gasteiger partial charge in [-0.2, -0.15) is 0 Å². The lowest BCUT2D eigenvalue weighted by Crippen LogP contribution is -2.43. The minimum Gasteiger partial charge on any atom is -0.337 e. The van der Waals surface area contributed by atoms with E-state index < -0.39 is 0 Å². The van der Waals surface area contributed by atoms with Gasteiger partial charge >= 0.3 is 0 Å². The molecule has 0 fully saturated rings. The van der Waals surface area contributed by atoms with Crippen LogP contribution < -0.4 is 5.32 Å². The summed E-state index contributed by atoms with van der Waals surface area (Å²) >= 11 is 0. The average Bonchev–Trinajstić information content (AvgIpc) is 2.64. The number of aryl methyl sites for hydroxylation is 2. The third-order valence-corrected chi connectivity index (χ3v) is 5.05. The Balaban J connectivity index is 1.52. The van der Waals surface area contributed by atoms with Crippen molar-refractivity contribution in [2.75, 3.05) is 32.0 Å². The maximum atomic E-state index is 12.6. The van der Waals surface area contributed by atoms with Crippen LogP contribution in [0.1, 0.15) is 22.3 Å². The predicted molar refractivity (Wildman–Crippen MR) is 108 cm³/mol. The van der Waals surface area contributed by atoms with Crippen LogP contribution in [0.2, 0.25) is 0 Å². The van der Waals surface area contributed by atoms with Gasteiger partial charge in [-0.25, -0.2) is 0 Å². The average molecular weight is 365 g/mol. The number of carbonyl (C=O) groups is 2. The fourth-order valence-corrected chi connectivity index (χ4v) is 3.53. The summed E-state index contributed by atoms with van der Waals surface area (Å²) in [6.45, 7) is 5.76. The molecule has 1 N–H and O–H groups in total.